The highest BCUT2D eigenvalue weighted by Gasteiger charge is 2.23. The molecule has 3 aromatic heterocycles. The monoisotopic (exact) mass is 447 g/mol. The maximum absolute atomic E-state index is 13.0. The van der Waals surface area contributed by atoms with Crippen molar-refractivity contribution < 1.29 is 18.6 Å². The van der Waals surface area contributed by atoms with Gasteiger partial charge in [-0.1, -0.05) is 24.3 Å². The zero-order chi connectivity index (χ0) is 22.8. The maximum atomic E-state index is 13.0. The number of hydrogen-bond acceptors (Lipinski definition) is 6. The third-order valence-corrected chi connectivity index (χ3v) is 5.49. The lowest BCUT2D eigenvalue weighted by Gasteiger charge is -2.13. The van der Waals surface area contributed by atoms with Gasteiger partial charge < -0.3 is 14.2 Å². The molecule has 0 atom stereocenters. The molecule has 1 aliphatic rings. The van der Waals surface area contributed by atoms with E-state index in [4.69, 9.17) is 14.2 Å². The molecule has 168 valence electrons. The topological polar surface area (TPSA) is 75.0 Å². The quantitative estimate of drug-likeness (QED) is 0.380. The second kappa shape index (κ2) is 8.90. The number of aryl methyl sites for hydroxylation is 1. The molecular formula is C25H22FN3O4. The number of aromatic nitrogens is 3. The van der Waals surface area contributed by atoms with E-state index in [0.29, 0.717) is 28.6 Å². The second-order valence-electron chi connectivity index (χ2n) is 7.97. The highest BCUT2D eigenvalue weighted by molar-refractivity contribution is 5.44. The molecule has 0 saturated heterocycles. The number of pyridine rings is 2. The van der Waals surface area contributed by atoms with Crippen LogP contribution in [0.1, 0.15) is 35.4 Å². The predicted octanol–water partition coefficient (Wildman–Crippen LogP) is 4.95. The van der Waals surface area contributed by atoms with Crippen LogP contribution >= 0.6 is 0 Å². The fourth-order valence-corrected chi connectivity index (χ4v) is 3.54. The summed E-state index contributed by atoms with van der Waals surface area (Å²) in [6.07, 6.45) is 7.04. The lowest BCUT2D eigenvalue weighted by Crippen LogP contribution is -2.16. The lowest BCUT2D eigenvalue weighted by molar-refractivity contribution is 0.176. The Labute approximate surface area is 189 Å². The number of benzene rings is 1. The summed E-state index contributed by atoms with van der Waals surface area (Å²) in [6.45, 7) is 0.939. The van der Waals surface area contributed by atoms with E-state index >= 15 is 0 Å². The van der Waals surface area contributed by atoms with Crippen molar-refractivity contribution >= 4 is 5.65 Å². The number of hydrogen-bond donors (Lipinski definition) is 0. The van der Waals surface area contributed by atoms with Gasteiger partial charge in [0, 0.05) is 17.8 Å². The molecule has 1 saturated carbocycles. The Morgan fingerprint density at radius 1 is 1.03 bits per heavy atom. The van der Waals surface area contributed by atoms with Crippen LogP contribution in [0, 0.1) is 6.92 Å². The first-order valence-corrected chi connectivity index (χ1v) is 10.7. The summed E-state index contributed by atoms with van der Waals surface area (Å²) in [4.78, 5) is 20.8. The van der Waals surface area contributed by atoms with E-state index in [9.17, 15) is 9.18 Å². The van der Waals surface area contributed by atoms with E-state index in [2.05, 4.69) is 22.1 Å². The van der Waals surface area contributed by atoms with Gasteiger partial charge >= 0.3 is 0 Å². The van der Waals surface area contributed by atoms with Gasteiger partial charge in [-0.3, -0.25) is 9.20 Å². The smallest absolute Gasteiger partial charge is 0.260 e. The van der Waals surface area contributed by atoms with Crippen LogP contribution in [-0.2, 0) is 6.61 Å². The minimum absolute atomic E-state index is 0.125. The Balaban J connectivity index is 1.33. The number of nitrogens with zero attached hydrogens (tertiary/aromatic N) is 3. The Morgan fingerprint density at radius 2 is 1.85 bits per heavy atom. The van der Waals surface area contributed by atoms with Gasteiger partial charge in [0.15, 0.2) is 5.75 Å². The summed E-state index contributed by atoms with van der Waals surface area (Å²) in [5, 5.41) is 0. The van der Waals surface area contributed by atoms with Gasteiger partial charge in [0.1, 0.15) is 23.8 Å². The average Bonchev–Trinajstić information content (AvgIpc) is 3.68. The van der Waals surface area contributed by atoms with Gasteiger partial charge in [-0.25, -0.2) is 14.4 Å². The maximum Gasteiger partial charge on any atom is 0.260 e. The molecule has 0 bridgehead atoms. The van der Waals surface area contributed by atoms with Crippen LogP contribution in [0.4, 0.5) is 4.39 Å². The van der Waals surface area contributed by atoms with E-state index in [-0.39, 0.29) is 23.8 Å². The van der Waals surface area contributed by atoms with Crippen LogP contribution in [-0.4, -0.2) is 21.2 Å². The normalized spacial score (nSPS) is 13.2. The zero-order valence-electron chi connectivity index (χ0n) is 18.0. The van der Waals surface area contributed by atoms with Crippen molar-refractivity contribution in [2.75, 3.05) is 6.86 Å². The van der Waals surface area contributed by atoms with Crippen LogP contribution in [0.2, 0.25) is 0 Å². The first-order chi connectivity index (χ1) is 16.1. The van der Waals surface area contributed by atoms with Crippen molar-refractivity contribution in [3.05, 3.63) is 88.1 Å². The number of halogens is 1. The Kier molecular flexibility index (Phi) is 5.64. The molecule has 0 radical (unpaired) electrons. The molecule has 0 N–H and O–H groups in total. The van der Waals surface area contributed by atoms with Crippen LogP contribution in [0.5, 0.6) is 23.1 Å². The highest BCUT2D eigenvalue weighted by atomic mass is 19.1. The number of fused-ring (bicyclic) bond motifs is 1. The summed E-state index contributed by atoms with van der Waals surface area (Å²) in [5.74, 6) is 1.70. The largest absolute Gasteiger partial charge is 0.470 e. The lowest BCUT2D eigenvalue weighted by atomic mass is 10.1. The molecule has 1 fully saturated rings. The molecule has 0 unspecified atom stereocenters. The molecule has 0 amide bonds. The average molecular weight is 447 g/mol. The number of alkyl halides is 1. The fraction of sp³-hybridized carbons (Fsp3) is 0.240. The molecule has 8 heteroatoms. The predicted molar refractivity (Wildman–Crippen MR) is 120 cm³/mol. The summed E-state index contributed by atoms with van der Waals surface area (Å²) in [6, 6.07) is 13.1. The molecule has 5 rings (SSSR count). The summed E-state index contributed by atoms with van der Waals surface area (Å²) < 4.78 is 31.0. The first kappa shape index (κ1) is 20.9. The van der Waals surface area contributed by atoms with E-state index in [1.807, 2.05) is 12.1 Å². The number of ether oxygens (including phenoxy) is 3. The van der Waals surface area contributed by atoms with Gasteiger partial charge in [-0.2, -0.15) is 0 Å². The van der Waals surface area contributed by atoms with E-state index in [0.717, 1.165) is 5.56 Å². The van der Waals surface area contributed by atoms with Crippen molar-refractivity contribution in [3.8, 4) is 23.1 Å². The first-order valence-electron chi connectivity index (χ1n) is 10.7. The molecule has 0 spiro atoms. The van der Waals surface area contributed by atoms with Gasteiger partial charge in [-0.05, 0) is 48.9 Å². The highest BCUT2D eigenvalue weighted by Crippen LogP contribution is 2.40. The van der Waals surface area contributed by atoms with Crippen molar-refractivity contribution in [3.63, 3.8) is 0 Å². The second-order valence-corrected chi connectivity index (χ2v) is 7.97. The molecule has 7 nitrogen and oxygen atoms in total. The summed E-state index contributed by atoms with van der Waals surface area (Å²) >= 11 is 0. The van der Waals surface area contributed by atoms with Gasteiger partial charge in [-0.15, -0.1) is 0 Å². The minimum Gasteiger partial charge on any atom is -0.470 e. The minimum atomic E-state index is -1.03. The number of rotatable bonds is 8. The standard InChI is InChI=1S/C25H22FN3O4/c1-16-11-27-23-9-8-20(13-29(23)25(16)30)33-21-10-22(32-15-26)24(28-12-21)31-14-17-2-4-18(5-3-17)19-6-7-19/h2-5,8-13,19H,6-7,14-15H2,1H3. The van der Waals surface area contributed by atoms with Crippen molar-refractivity contribution in [2.45, 2.75) is 32.3 Å². The van der Waals surface area contributed by atoms with Crippen molar-refractivity contribution in [1.29, 1.82) is 0 Å². The van der Waals surface area contributed by atoms with Crippen LogP contribution in [0.3, 0.4) is 0 Å². The van der Waals surface area contributed by atoms with E-state index < -0.39 is 6.86 Å². The summed E-state index contributed by atoms with van der Waals surface area (Å²) in [5.41, 5.74) is 3.18. The summed E-state index contributed by atoms with van der Waals surface area (Å²) in [7, 11) is 0. The molecule has 0 aliphatic heterocycles. The molecule has 33 heavy (non-hydrogen) atoms. The van der Waals surface area contributed by atoms with Crippen molar-refractivity contribution in [1.82, 2.24) is 14.4 Å². The molecule has 1 aromatic carbocycles. The fourth-order valence-electron chi connectivity index (χ4n) is 3.54. The van der Waals surface area contributed by atoms with E-state index in [1.54, 1.807) is 25.3 Å². The van der Waals surface area contributed by atoms with Gasteiger partial charge in [0.2, 0.25) is 6.86 Å². The van der Waals surface area contributed by atoms with Crippen LogP contribution < -0.4 is 19.8 Å². The van der Waals surface area contributed by atoms with Crippen molar-refractivity contribution in [2.24, 2.45) is 0 Å². The molecule has 4 aromatic rings. The Morgan fingerprint density at radius 3 is 2.61 bits per heavy atom. The van der Waals surface area contributed by atoms with Crippen LogP contribution in [0.15, 0.2) is 65.8 Å². The van der Waals surface area contributed by atoms with E-state index in [1.165, 1.54) is 41.3 Å². The SMILES string of the molecule is Cc1cnc2ccc(Oc3cnc(OCc4ccc(C5CC5)cc4)c(OCF)c3)cn2c1=O. The molecule has 1 aliphatic carbocycles. The molecular weight excluding hydrogens is 425 g/mol. The third kappa shape index (κ3) is 4.64. The van der Waals surface area contributed by atoms with Gasteiger partial charge in [0.05, 0.1) is 12.4 Å². The van der Waals surface area contributed by atoms with Gasteiger partial charge in [0.25, 0.3) is 11.4 Å². The molecule has 3 heterocycles. The zero-order valence-corrected chi connectivity index (χ0v) is 18.0. The third-order valence-electron chi connectivity index (χ3n) is 5.49. The Bertz CT molecular complexity index is 1350. The van der Waals surface area contributed by atoms with Crippen LogP contribution in [0.25, 0.3) is 5.65 Å². The Hall–Kier alpha value is -3.94.